The molecule has 4 heteroatoms. The van der Waals surface area contributed by atoms with Crippen LogP contribution in [-0.2, 0) is 9.84 Å². The van der Waals surface area contributed by atoms with Gasteiger partial charge in [-0.05, 0) is 35.7 Å². The van der Waals surface area contributed by atoms with Gasteiger partial charge in [-0.1, -0.05) is 43.3 Å². The van der Waals surface area contributed by atoms with Crippen molar-refractivity contribution in [3.05, 3.63) is 48.0 Å². The van der Waals surface area contributed by atoms with Crippen LogP contribution in [0.25, 0.3) is 10.8 Å². The number of nitrogens with two attached hydrogens (primary N) is 1. The lowest BCUT2D eigenvalue weighted by Crippen LogP contribution is -2.28. The number of hydrogen-bond acceptors (Lipinski definition) is 3. The normalized spacial score (nSPS) is 15.2. The second-order valence-electron chi connectivity index (χ2n) is 5.26. The molecule has 0 aliphatic carbocycles. The minimum absolute atomic E-state index is 0.000344. The second-order valence-corrected chi connectivity index (χ2v) is 7.73. The first-order chi connectivity index (χ1) is 9.44. The summed E-state index contributed by atoms with van der Waals surface area (Å²) in [5, 5.41) is 1.88. The van der Waals surface area contributed by atoms with E-state index in [-0.39, 0.29) is 11.0 Å². The smallest absolute Gasteiger partial charge is 0.154 e. The molecule has 0 saturated heterocycles. The number of hydrogen-bond donors (Lipinski definition) is 1. The third-order valence-electron chi connectivity index (χ3n) is 3.80. The second kappa shape index (κ2) is 5.94. The number of benzene rings is 2. The summed E-state index contributed by atoms with van der Waals surface area (Å²) in [5.41, 5.74) is 6.96. The maximum absolute atomic E-state index is 12.1. The molecule has 0 bridgehead atoms. The molecule has 3 nitrogen and oxygen atoms in total. The van der Waals surface area contributed by atoms with Crippen LogP contribution in [0.3, 0.4) is 0 Å². The van der Waals surface area contributed by atoms with Crippen molar-refractivity contribution in [2.45, 2.75) is 31.6 Å². The van der Waals surface area contributed by atoms with E-state index in [0.717, 1.165) is 16.3 Å². The molecule has 0 amide bonds. The minimum Gasteiger partial charge on any atom is -0.323 e. The van der Waals surface area contributed by atoms with Crippen LogP contribution in [-0.4, -0.2) is 19.4 Å². The fourth-order valence-corrected chi connectivity index (χ4v) is 3.73. The Morgan fingerprint density at radius 3 is 2.40 bits per heavy atom. The molecule has 0 aromatic heterocycles. The van der Waals surface area contributed by atoms with E-state index in [1.165, 1.54) is 0 Å². The van der Waals surface area contributed by atoms with Crippen molar-refractivity contribution < 1.29 is 8.42 Å². The van der Waals surface area contributed by atoms with Gasteiger partial charge < -0.3 is 5.73 Å². The molecule has 0 aliphatic heterocycles. The molecule has 0 spiro atoms. The van der Waals surface area contributed by atoms with E-state index in [9.17, 15) is 8.42 Å². The van der Waals surface area contributed by atoms with E-state index in [2.05, 4.69) is 0 Å². The van der Waals surface area contributed by atoms with Crippen molar-refractivity contribution >= 4 is 20.6 Å². The summed E-state index contributed by atoms with van der Waals surface area (Å²) in [6, 6.07) is 13.4. The Hall–Kier alpha value is -1.39. The largest absolute Gasteiger partial charge is 0.323 e. The van der Waals surface area contributed by atoms with E-state index < -0.39 is 15.9 Å². The van der Waals surface area contributed by atoms with Crippen LogP contribution in [0.4, 0.5) is 0 Å². The highest BCUT2D eigenvalue weighted by molar-refractivity contribution is 7.92. The average Bonchev–Trinajstić information content (AvgIpc) is 2.45. The van der Waals surface area contributed by atoms with Crippen LogP contribution >= 0.6 is 0 Å². The summed E-state index contributed by atoms with van der Waals surface area (Å²) in [6.45, 7) is 3.62. The van der Waals surface area contributed by atoms with Gasteiger partial charge in [0.15, 0.2) is 9.84 Å². The molecule has 0 heterocycles. The van der Waals surface area contributed by atoms with Crippen molar-refractivity contribution in [3.8, 4) is 0 Å². The molecular weight excluding hydrogens is 270 g/mol. The van der Waals surface area contributed by atoms with E-state index in [4.69, 9.17) is 5.73 Å². The van der Waals surface area contributed by atoms with E-state index in [0.29, 0.717) is 6.42 Å². The summed E-state index contributed by atoms with van der Waals surface area (Å²) in [7, 11) is -3.14. The minimum atomic E-state index is -3.14. The Morgan fingerprint density at radius 1 is 1.10 bits per heavy atom. The van der Waals surface area contributed by atoms with Gasteiger partial charge in [0.1, 0.15) is 0 Å². The van der Waals surface area contributed by atoms with Gasteiger partial charge in [-0.25, -0.2) is 8.42 Å². The molecule has 0 aliphatic rings. The van der Waals surface area contributed by atoms with Gasteiger partial charge in [0, 0.05) is 6.04 Å². The zero-order valence-electron chi connectivity index (χ0n) is 11.9. The van der Waals surface area contributed by atoms with Gasteiger partial charge in [-0.2, -0.15) is 0 Å². The Morgan fingerprint density at radius 2 is 1.75 bits per heavy atom. The zero-order chi connectivity index (χ0) is 14.8. The van der Waals surface area contributed by atoms with Gasteiger partial charge in [0.05, 0.1) is 11.0 Å². The van der Waals surface area contributed by atoms with Crippen LogP contribution < -0.4 is 5.73 Å². The maximum atomic E-state index is 12.1. The molecular formula is C16H21NO2S. The maximum Gasteiger partial charge on any atom is 0.154 e. The summed E-state index contributed by atoms with van der Waals surface area (Å²) >= 11 is 0. The van der Waals surface area contributed by atoms with Gasteiger partial charge in [0.25, 0.3) is 0 Å². The van der Waals surface area contributed by atoms with Gasteiger partial charge >= 0.3 is 0 Å². The first kappa shape index (κ1) is 15.0. The average molecular weight is 291 g/mol. The van der Waals surface area contributed by atoms with Gasteiger partial charge in [0.2, 0.25) is 0 Å². The molecule has 0 fully saturated rings. The third-order valence-corrected chi connectivity index (χ3v) is 6.18. The molecule has 2 rings (SSSR count). The van der Waals surface area contributed by atoms with E-state index in [1.54, 1.807) is 6.92 Å². The van der Waals surface area contributed by atoms with Crippen LogP contribution in [0.5, 0.6) is 0 Å². The Kier molecular flexibility index (Phi) is 4.45. The van der Waals surface area contributed by atoms with Crippen molar-refractivity contribution in [1.82, 2.24) is 0 Å². The van der Waals surface area contributed by atoms with Gasteiger partial charge in [-0.15, -0.1) is 0 Å². The molecule has 2 unspecified atom stereocenters. The standard InChI is InChI=1S/C16H21NO2S/c1-3-12(2)20(18,19)11-16(17)15-9-8-13-6-4-5-7-14(13)10-15/h4-10,12,16H,3,11,17H2,1-2H3. The van der Waals surface area contributed by atoms with Crippen LogP contribution in [0.15, 0.2) is 42.5 Å². The van der Waals surface area contributed by atoms with Crippen molar-refractivity contribution in [1.29, 1.82) is 0 Å². The zero-order valence-corrected chi connectivity index (χ0v) is 12.7. The Labute approximate surface area is 120 Å². The molecule has 2 aromatic carbocycles. The predicted molar refractivity (Wildman–Crippen MR) is 84.4 cm³/mol. The Balaban J connectivity index is 2.25. The molecule has 2 atom stereocenters. The number of rotatable bonds is 5. The predicted octanol–water partition coefficient (Wildman–Crippen LogP) is 3.05. The first-order valence-electron chi connectivity index (χ1n) is 6.90. The molecule has 0 radical (unpaired) electrons. The SMILES string of the molecule is CCC(C)S(=O)(=O)CC(N)c1ccc2ccccc2c1. The summed E-state index contributed by atoms with van der Waals surface area (Å²) < 4.78 is 24.3. The highest BCUT2D eigenvalue weighted by atomic mass is 32.2. The lowest BCUT2D eigenvalue weighted by molar-refractivity contribution is 0.574. The van der Waals surface area contributed by atoms with E-state index >= 15 is 0 Å². The number of sulfone groups is 1. The first-order valence-corrected chi connectivity index (χ1v) is 8.61. The summed E-state index contributed by atoms with van der Waals surface area (Å²) in [5.74, 6) is 0.000344. The van der Waals surface area contributed by atoms with Gasteiger partial charge in [-0.3, -0.25) is 0 Å². The lowest BCUT2D eigenvalue weighted by Gasteiger charge is -2.16. The summed E-state index contributed by atoms with van der Waals surface area (Å²) in [6.07, 6.45) is 0.618. The van der Waals surface area contributed by atoms with Crippen LogP contribution in [0.2, 0.25) is 0 Å². The van der Waals surface area contributed by atoms with E-state index in [1.807, 2.05) is 49.4 Å². The third kappa shape index (κ3) is 3.19. The highest BCUT2D eigenvalue weighted by Gasteiger charge is 2.23. The molecule has 2 N–H and O–H groups in total. The molecule has 20 heavy (non-hydrogen) atoms. The topological polar surface area (TPSA) is 60.2 Å². The van der Waals surface area contributed by atoms with Crippen molar-refractivity contribution in [2.75, 3.05) is 5.75 Å². The lowest BCUT2D eigenvalue weighted by atomic mass is 10.0. The molecule has 0 saturated carbocycles. The van der Waals surface area contributed by atoms with Crippen molar-refractivity contribution in [2.24, 2.45) is 5.73 Å². The Bertz CT molecular complexity index is 694. The highest BCUT2D eigenvalue weighted by Crippen LogP contribution is 2.21. The van der Waals surface area contributed by atoms with Crippen molar-refractivity contribution in [3.63, 3.8) is 0 Å². The monoisotopic (exact) mass is 291 g/mol. The number of fused-ring (bicyclic) bond motifs is 1. The fourth-order valence-electron chi connectivity index (χ4n) is 2.20. The quantitative estimate of drug-likeness (QED) is 0.921. The summed E-state index contributed by atoms with van der Waals surface area (Å²) in [4.78, 5) is 0. The fraction of sp³-hybridized carbons (Fsp3) is 0.375. The molecule has 108 valence electrons. The van der Waals surface area contributed by atoms with Crippen LogP contribution in [0, 0.1) is 0 Å². The van der Waals surface area contributed by atoms with Crippen LogP contribution in [0.1, 0.15) is 31.9 Å². The molecule has 2 aromatic rings.